The number of carbonyl (C=O) groups excluding carboxylic acids is 1. The highest BCUT2D eigenvalue weighted by Gasteiger charge is 2.24. The third-order valence-electron chi connectivity index (χ3n) is 8.21. The molecule has 0 aromatic heterocycles. The number of ketones is 1. The quantitative estimate of drug-likeness (QED) is 0.175. The Bertz CT molecular complexity index is 1430. The van der Waals surface area contributed by atoms with Crippen LogP contribution in [0.3, 0.4) is 0 Å². The highest BCUT2D eigenvalue weighted by Crippen LogP contribution is 2.23. The van der Waals surface area contributed by atoms with Gasteiger partial charge in [0.2, 0.25) is 0 Å². The lowest BCUT2D eigenvalue weighted by Crippen LogP contribution is -2.45. The molecule has 4 aromatic rings. The normalized spacial score (nSPS) is 16.2. The fourth-order valence-electron chi connectivity index (χ4n) is 5.79. The molecule has 1 saturated heterocycles. The van der Waals surface area contributed by atoms with Crippen molar-refractivity contribution in [2.45, 2.75) is 50.9 Å². The Labute approximate surface area is 254 Å². The second-order valence-corrected chi connectivity index (χ2v) is 11.6. The molecule has 0 aliphatic carbocycles. The van der Waals surface area contributed by atoms with Crippen molar-refractivity contribution in [2.24, 2.45) is 0 Å². The number of piperidine rings is 1. The summed E-state index contributed by atoms with van der Waals surface area (Å²) in [6.07, 6.45) is 3.24. The summed E-state index contributed by atoms with van der Waals surface area (Å²) < 4.78 is 19.0. The van der Waals surface area contributed by atoms with Crippen LogP contribution >= 0.6 is 0 Å². The fraction of sp³-hybridized carbons (Fsp3) is 0.324. The fourth-order valence-corrected chi connectivity index (χ4v) is 5.79. The van der Waals surface area contributed by atoms with Gasteiger partial charge in [-0.25, -0.2) is 4.39 Å². The van der Waals surface area contributed by atoms with E-state index in [0.717, 1.165) is 49.5 Å². The van der Waals surface area contributed by atoms with Gasteiger partial charge in [0.15, 0.2) is 5.78 Å². The van der Waals surface area contributed by atoms with Crippen LogP contribution in [0.15, 0.2) is 103 Å². The highest BCUT2D eigenvalue weighted by atomic mass is 19.1. The molecule has 0 saturated carbocycles. The first kappa shape index (κ1) is 30.6. The summed E-state index contributed by atoms with van der Waals surface area (Å²) in [5, 5.41) is 10.5. The molecule has 224 valence electrons. The molecule has 0 amide bonds. The minimum absolute atomic E-state index is 0.219. The van der Waals surface area contributed by atoms with Gasteiger partial charge in [-0.2, -0.15) is 0 Å². The second kappa shape index (κ2) is 15.1. The minimum Gasteiger partial charge on any atom is -0.493 e. The Balaban J connectivity index is 1.10. The molecule has 4 aromatic carbocycles. The summed E-state index contributed by atoms with van der Waals surface area (Å²) in [6.45, 7) is 4.33. The first-order valence-corrected chi connectivity index (χ1v) is 15.2. The van der Waals surface area contributed by atoms with Crippen molar-refractivity contribution in [3.05, 3.63) is 137 Å². The molecule has 5 rings (SSSR count). The maximum atomic E-state index is 13.1. The maximum Gasteiger partial charge on any atom is 0.195 e. The van der Waals surface area contributed by atoms with Crippen molar-refractivity contribution in [3.8, 4) is 5.75 Å². The predicted octanol–water partition coefficient (Wildman–Crippen LogP) is 6.85. The monoisotopic (exact) mass is 580 g/mol. The Morgan fingerprint density at radius 1 is 0.907 bits per heavy atom. The minimum atomic E-state index is -1.15. The molecular formula is C37H41FN2O3. The zero-order valence-corrected chi connectivity index (χ0v) is 24.9. The van der Waals surface area contributed by atoms with Crippen molar-refractivity contribution in [1.29, 1.82) is 0 Å². The van der Waals surface area contributed by atoms with Crippen LogP contribution in [0.5, 0.6) is 5.75 Å². The number of nitrogens with zero attached hydrogens (tertiary/aromatic N) is 2. The summed E-state index contributed by atoms with van der Waals surface area (Å²) in [5.41, 5.74) is 4.61. The van der Waals surface area contributed by atoms with Gasteiger partial charge in [0.05, 0.1) is 6.61 Å². The van der Waals surface area contributed by atoms with Gasteiger partial charge in [-0.3, -0.25) is 9.69 Å². The van der Waals surface area contributed by atoms with Gasteiger partial charge in [0, 0.05) is 37.7 Å². The van der Waals surface area contributed by atoms with Gasteiger partial charge in [0.25, 0.3) is 0 Å². The molecule has 1 aliphatic rings. The van der Waals surface area contributed by atoms with Gasteiger partial charge >= 0.3 is 0 Å². The number of likely N-dealkylation sites (tertiary alicyclic amines) is 1. The van der Waals surface area contributed by atoms with Crippen LogP contribution in [-0.2, 0) is 19.5 Å². The van der Waals surface area contributed by atoms with E-state index in [1.54, 1.807) is 24.3 Å². The predicted molar refractivity (Wildman–Crippen MR) is 169 cm³/mol. The standard InChI is InChI=1S/C37H41FN2O3/c1-39(25-29-10-16-32(17-11-29)37(42)36(41)31-7-3-2-4-8-31)27-34-9-5-6-23-40(34)26-30-14-20-35(21-15-30)43-24-22-28-12-18-33(38)19-13-28/h2-4,7-8,10-21,34,36,41H,5-6,9,22-27H2,1H3. The molecule has 1 aliphatic heterocycles. The zero-order valence-electron chi connectivity index (χ0n) is 24.9. The van der Waals surface area contributed by atoms with E-state index in [4.69, 9.17) is 4.74 Å². The Kier molecular flexibility index (Phi) is 10.7. The first-order chi connectivity index (χ1) is 20.9. The molecule has 1 heterocycles. The lowest BCUT2D eigenvalue weighted by molar-refractivity contribution is 0.0747. The Morgan fingerprint density at radius 2 is 1.58 bits per heavy atom. The van der Waals surface area contributed by atoms with Gasteiger partial charge in [0.1, 0.15) is 17.7 Å². The molecule has 5 nitrogen and oxygen atoms in total. The molecular weight excluding hydrogens is 539 g/mol. The van der Waals surface area contributed by atoms with E-state index in [1.807, 2.05) is 54.6 Å². The number of aliphatic hydroxyl groups excluding tert-OH is 1. The van der Waals surface area contributed by atoms with E-state index in [9.17, 15) is 14.3 Å². The first-order valence-electron chi connectivity index (χ1n) is 15.2. The second-order valence-electron chi connectivity index (χ2n) is 11.6. The number of likely N-dealkylation sites (N-methyl/N-ethyl adjacent to an activating group) is 1. The highest BCUT2D eigenvalue weighted by molar-refractivity contribution is 5.99. The van der Waals surface area contributed by atoms with E-state index < -0.39 is 6.10 Å². The largest absolute Gasteiger partial charge is 0.493 e. The Morgan fingerprint density at radius 3 is 2.30 bits per heavy atom. The third-order valence-corrected chi connectivity index (χ3v) is 8.21. The average Bonchev–Trinajstić information content (AvgIpc) is 3.04. The molecule has 0 bridgehead atoms. The van der Waals surface area contributed by atoms with Crippen molar-refractivity contribution in [1.82, 2.24) is 9.80 Å². The van der Waals surface area contributed by atoms with E-state index in [0.29, 0.717) is 23.8 Å². The smallest absolute Gasteiger partial charge is 0.195 e. The zero-order chi connectivity index (χ0) is 30.0. The van der Waals surface area contributed by atoms with Crippen molar-refractivity contribution in [3.63, 3.8) is 0 Å². The number of hydrogen-bond donors (Lipinski definition) is 1. The van der Waals surface area contributed by atoms with Gasteiger partial charge in [-0.15, -0.1) is 0 Å². The summed E-state index contributed by atoms with van der Waals surface area (Å²) in [7, 11) is 2.16. The number of hydrogen-bond acceptors (Lipinski definition) is 5. The molecule has 2 atom stereocenters. The van der Waals surface area contributed by atoms with Crippen LogP contribution in [0.1, 0.15) is 58.0 Å². The molecule has 43 heavy (non-hydrogen) atoms. The number of carbonyl (C=O) groups is 1. The van der Waals surface area contributed by atoms with Crippen molar-refractivity contribution >= 4 is 5.78 Å². The van der Waals surface area contributed by atoms with Crippen molar-refractivity contribution < 1.29 is 19.0 Å². The number of benzene rings is 4. The van der Waals surface area contributed by atoms with Crippen LogP contribution in [0.2, 0.25) is 0 Å². The van der Waals surface area contributed by atoms with Gasteiger partial charge < -0.3 is 14.7 Å². The molecule has 1 fully saturated rings. The SMILES string of the molecule is CN(Cc1ccc(C(=O)C(O)c2ccccc2)cc1)CC1CCCCN1Cc1ccc(OCCc2ccc(F)cc2)cc1. The van der Waals surface area contributed by atoms with Crippen LogP contribution in [0.4, 0.5) is 4.39 Å². The molecule has 2 unspecified atom stereocenters. The molecule has 6 heteroatoms. The number of rotatable bonds is 13. The Hall–Kier alpha value is -3.84. The van der Waals surface area contributed by atoms with Crippen LogP contribution < -0.4 is 4.74 Å². The number of ether oxygens (including phenoxy) is 1. The van der Waals surface area contributed by atoms with E-state index in [1.165, 1.54) is 37.0 Å². The average molecular weight is 581 g/mol. The molecule has 1 N–H and O–H groups in total. The molecule has 0 radical (unpaired) electrons. The maximum absolute atomic E-state index is 13.1. The number of halogens is 1. The summed E-state index contributed by atoms with van der Waals surface area (Å²) >= 11 is 0. The van der Waals surface area contributed by atoms with E-state index in [-0.39, 0.29) is 11.6 Å². The lowest BCUT2D eigenvalue weighted by Gasteiger charge is -2.38. The summed E-state index contributed by atoms with van der Waals surface area (Å²) in [5.74, 6) is 0.348. The third kappa shape index (κ3) is 8.83. The topological polar surface area (TPSA) is 53.0 Å². The summed E-state index contributed by atoms with van der Waals surface area (Å²) in [4.78, 5) is 17.7. The van der Waals surface area contributed by atoms with Crippen LogP contribution in [-0.4, -0.2) is 53.5 Å². The van der Waals surface area contributed by atoms with Crippen LogP contribution in [0.25, 0.3) is 0 Å². The van der Waals surface area contributed by atoms with E-state index in [2.05, 4.69) is 29.0 Å². The van der Waals surface area contributed by atoms with Gasteiger partial charge in [-0.05, 0) is 73.0 Å². The number of aliphatic hydroxyl groups is 1. The lowest BCUT2D eigenvalue weighted by atomic mass is 9.99. The van der Waals surface area contributed by atoms with Crippen LogP contribution in [0, 0.1) is 5.82 Å². The number of Topliss-reactive ketones (excluding diaryl/α,β-unsaturated/α-hetero) is 1. The van der Waals surface area contributed by atoms with Gasteiger partial charge in [-0.1, -0.05) is 85.3 Å². The summed E-state index contributed by atoms with van der Waals surface area (Å²) in [6, 6.07) is 32.1. The van der Waals surface area contributed by atoms with E-state index >= 15 is 0 Å². The molecule has 0 spiro atoms. The van der Waals surface area contributed by atoms with Crippen molar-refractivity contribution in [2.75, 3.05) is 26.7 Å².